The van der Waals surface area contributed by atoms with Crippen LogP contribution >= 0.6 is 11.6 Å². The van der Waals surface area contributed by atoms with Crippen LogP contribution in [0.4, 0.5) is 0 Å². The molecular formula is C10H13ClN2O2. The molecule has 0 aliphatic heterocycles. The Labute approximate surface area is 92.7 Å². The molecule has 0 aromatic carbocycles. The van der Waals surface area contributed by atoms with E-state index in [1.165, 1.54) is 12.3 Å². The summed E-state index contributed by atoms with van der Waals surface area (Å²) in [6.07, 6.45) is 2.21. The van der Waals surface area contributed by atoms with E-state index in [-0.39, 0.29) is 17.5 Å². The Bertz CT molecular complexity index is 385. The number of alkyl halides is 1. The third kappa shape index (κ3) is 3.40. The fourth-order valence-electron chi connectivity index (χ4n) is 1.10. The van der Waals surface area contributed by atoms with Gasteiger partial charge in [0.2, 0.25) is 5.56 Å². The van der Waals surface area contributed by atoms with Crippen LogP contribution in [0.5, 0.6) is 0 Å². The summed E-state index contributed by atoms with van der Waals surface area (Å²) in [5.74, 6) is 0.0967. The summed E-state index contributed by atoms with van der Waals surface area (Å²) < 4.78 is 0. The Balaban J connectivity index is 2.73. The van der Waals surface area contributed by atoms with Gasteiger partial charge in [0.15, 0.2) is 0 Å². The zero-order chi connectivity index (χ0) is 11.3. The van der Waals surface area contributed by atoms with E-state index >= 15 is 0 Å². The standard InChI is InChI=1S/C10H13ClN2O2/c1-2-8(6-11)13-10(15)7-3-4-12-9(14)5-7/h3-5,8H,2,6H2,1H3,(H,12,14)(H,13,15). The summed E-state index contributed by atoms with van der Waals surface area (Å²) in [4.78, 5) is 25.0. The number of halogens is 1. The van der Waals surface area contributed by atoms with Crippen molar-refractivity contribution in [3.05, 3.63) is 34.2 Å². The third-order valence-corrected chi connectivity index (χ3v) is 2.42. The van der Waals surface area contributed by atoms with Crippen molar-refractivity contribution in [2.24, 2.45) is 0 Å². The average molecular weight is 229 g/mol. The Morgan fingerprint density at radius 2 is 2.40 bits per heavy atom. The van der Waals surface area contributed by atoms with Gasteiger partial charge in [0.25, 0.3) is 5.91 Å². The fourth-order valence-corrected chi connectivity index (χ4v) is 1.40. The van der Waals surface area contributed by atoms with Crippen molar-refractivity contribution in [3.63, 3.8) is 0 Å². The highest BCUT2D eigenvalue weighted by atomic mass is 35.5. The van der Waals surface area contributed by atoms with Crippen LogP contribution in [0.1, 0.15) is 23.7 Å². The number of hydrogen-bond donors (Lipinski definition) is 2. The molecule has 1 aromatic rings. The van der Waals surface area contributed by atoms with Crippen molar-refractivity contribution in [2.45, 2.75) is 19.4 Å². The van der Waals surface area contributed by atoms with E-state index in [0.29, 0.717) is 11.4 Å². The maximum absolute atomic E-state index is 11.6. The summed E-state index contributed by atoms with van der Waals surface area (Å²) in [6.45, 7) is 1.94. The molecule has 1 rings (SSSR count). The second-order valence-corrected chi connectivity index (χ2v) is 3.48. The topological polar surface area (TPSA) is 62.0 Å². The number of aromatic nitrogens is 1. The zero-order valence-electron chi connectivity index (χ0n) is 8.42. The molecule has 0 fully saturated rings. The van der Waals surface area contributed by atoms with Crippen LogP contribution in [0.3, 0.4) is 0 Å². The first-order valence-electron chi connectivity index (χ1n) is 4.73. The molecule has 5 heteroatoms. The number of amides is 1. The van der Waals surface area contributed by atoms with Crippen molar-refractivity contribution in [1.29, 1.82) is 0 Å². The molecule has 15 heavy (non-hydrogen) atoms. The molecule has 2 N–H and O–H groups in total. The Morgan fingerprint density at radius 1 is 1.67 bits per heavy atom. The van der Waals surface area contributed by atoms with Crippen LogP contribution < -0.4 is 10.9 Å². The summed E-state index contributed by atoms with van der Waals surface area (Å²) in [6, 6.07) is 2.76. The Kier molecular flexibility index (Phi) is 4.37. The molecule has 1 unspecified atom stereocenters. The maximum atomic E-state index is 11.6. The second kappa shape index (κ2) is 5.56. The molecule has 82 valence electrons. The number of nitrogens with one attached hydrogen (secondary N) is 2. The summed E-state index contributed by atoms with van der Waals surface area (Å²) in [5, 5.41) is 2.74. The van der Waals surface area contributed by atoms with Gasteiger partial charge in [-0.05, 0) is 12.5 Å². The van der Waals surface area contributed by atoms with E-state index in [2.05, 4.69) is 10.3 Å². The molecule has 0 spiro atoms. The second-order valence-electron chi connectivity index (χ2n) is 3.17. The molecule has 4 nitrogen and oxygen atoms in total. The number of aromatic amines is 1. The van der Waals surface area contributed by atoms with Gasteiger partial charge < -0.3 is 10.3 Å². The smallest absolute Gasteiger partial charge is 0.251 e. The monoisotopic (exact) mass is 228 g/mol. The third-order valence-electron chi connectivity index (χ3n) is 2.05. The fraction of sp³-hybridized carbons (Fsp3) is 0.400. The predicted octanol–water partition coefficient (Wildman–Crippen LogP) is 1.12. The Hall–Kier alpha value is -1.29. The predicted molar refractivity (Wildman–Crippen MR) is 59.3 cm³/mol. The van der Waals surface area contributed by atoms with E-state index in [0.717, 1.165) is 6.42 Å². The number of carbonyl (C=O) groups excluding carboxylic acids is 1. The molecule has 0 radical (unpaired) electrons. The first-order valence-corrected chi connectivity index (χ1v) is 5.26. The molecule has 1 aromatic heterocycles. The highest BCUT2D eigenvalue weighted by Crippen LogP contribution is 1.98. The molecule has 0 saturated heterocycles. The van der Waals surface area contributed by atoms with Gasteiger partial charge in [0, 0.05) is 29.7 Å². The minimum atomic E-state index is -0.290. The summed E-state index contributed by atoms with van der Waals surface area (Å²) >= 11 is 5.65. The van der Waals surface area contributed by atoms with E-state index in [1.54, 1.807) is 6.07 Å². The van der Waals surface area contributed by atoms with Gasteiger partial charge >= 0.3 is 0 Å². The highest BCUT2D eigenvalue weighted by molar-refractivity contribution is 6.18. The lowest BCUT2D eigenvalue weighted by molar-refractivity contribution is 0.0939. The molecular weight excluding hydrogens is 216 g/mol. The lowest BCUT2D eigenvalue weighted by Gasteiger charge is -2.13. The van der Waals surface area contributed by atoms with Crippen LogP contribution in [0.2, 0.25) is 0 Å². The van der Waals surface area contributed by atoms with Crippen LogP contribution in [0.15, 0.2) is 23.1 Å². The van der Waals surface area contributed by atoms with Gasteiger partial charge in [-0.2, -0.15) is 0 Å². The number of rotatable bonds is 4. The molecule has 1 amide bonds. The van der Waals surface area contributed by atoms with E-state index in [1.807, 2.05) is 6.92 Å². The summed E-state index contributed by atoms with van der Waals surface area (Å²) in [5.41, 5.74) is 0.0592. The first kappa shape index (κ1) is 11.8. The number of pyridine rings is 1. The lowest BCUT2D eigenvalue weighted by atomic mass is 10.2. The molecule has 0 aliphatic rings. The minimum absolute atomic E-state index is 0.0570. The van der Waals surface area contributed by atoms with Crippen LogP contribution in [-0.2, 0) is 0 Å². The average Bonchev–Trinajstić information content (AvgIpc) is 2.25. The van der Waals surface area contributed by atoms with Gasteiger partial charge in [-0.1, -0.05) is 6.92 Å². The highest BCUT2D eigenvalue weighted by Gasteiger charge is 2.10. The number of carbonyl (C=O) groups is 1. The van der Waals surface area contributed by atoms with Crippen LogP contribution in [-0.4, -0.2) is 22.8 Å². The number of H-pyrrole nitrogens is 1. The van der Waals surface area contributed by atoms with Gasteiger partial charge in [0.1, 0.15) is 0 Å². The maximum Gasteiger partial charge on any atom is 0.251 e. The molecule has 0 aliphatic carbocycles. The van der Waals surface area contributed by atoms with Gasteiger partial charge in [-0.3, -0.25) is 9.59 Å². The quantitative estimate of drug-likeness (QED) is 0.759. The largest absolute Gasteiger partial charge is 0.348 e. The number of hydrogen-bond acceptors (Lipinski definition) is 2. The van der Waals surface area contributed by atoms with Crippen molar-refractivity contribution >= 4 is 17.5 Å². The molecule has 1 atom stereocenters. The molecule has 0 bridgehead atoms. The van der Waals surface area contributed by atoms with E-state index in [9.17, 15) is 9.59 Å². The van der Waals surface area contributed by atoms with Crippen molar-refractivity contribution in [3.8, 4) is 0 Å². The lowest BCUT2D eigenvalue weighted by Crippen LogP contribution is -2.36. The van der Waals surface area contributed by atoms with Crippen molar-refractivity contribution in [2.75, 3.05) is 5.88 Å². The Morgan fingerprint density at radius 3 is 2.93 bits per heavy atom. The van der Waals surface area contributed by atoms with Gasteiger partial charge in [0.05, 0.1) is 0 Å². The SMILES string of the molecule is CCC(CCl)NC(=O)c1cc[nH]c(=O)c1. The minimum Gasteiger partial charge on any atom is -0.348 e. The van der Waals surface area contributed by atoms with Gasteiger partial charge in [-0.15, -0.1) is 11.6 Å². The molecule has 0 saturated carbocycles. The van der Waals surface area contributed by atoms with Crippen molar-refractivity contribution < 1.29 is 4.79 Å². The van der Waals surface area contributed by atoms with Crippen LogP contribution in [0.25, 0.3) is 0 Å². The van der Waals surface area contributed by atoms with Gasteiger partial charge in [-0.25, -0.2) is 0 Å². The van der Waals surface area contributed by atoms with Crippen molar-refractivity contribution in [1.82, 2.24) is 10.3 Å². The zero-order valence-corrected chi connectivity index (χ0v) is 9.17. The van der Waals surface area contributed by atoms with E-state index in [4.69, 9.17) is 11.6 Å². The molecule has 1 heterocycles. The normalized spacial score (nSPS) is 12.1. The van der Waals surface area contributed by atoms with Crippen LogP contribution in [0, 0.1) is 0 Å². The first-order chi connectivity index (χ1) is 7.17. The summed E-state index contributed by atoms with van der Waals surface area (Å²) in [7, 11) is 0. The van der Waals surface area contributed by atoms with E-state index < -0.39 is 0 Å².